The summed E-state index contributed by atoms with van der Waals surface area (Å²) < 4.78 is 55.0. The van der Waals surface area contributed by atoms with Gasteiger partial charge in [0.15, 0.2) is 5.82 Å². The van der Waals surface area contributed by atoms with Gasteiger partial charge in [0.1, 0.15) is 35.1 Å². The fourth-order valence-electron chi connectivity index (χ4n) is 5.80. The Labute approximate surface area is 208 Å². The number of halogens is 3. The number of hydrogen-bond acceptors (Lipinski definition) is 6. The third-order valence-electron chi connectivity index (χ3n) is 7.47. The number of imidazole rings is 1. The Hall–Kier alpha value is -4.12. The van der Waals surface area contributed by atoms with Crippen molar-refractivity contribution in [3.63, 3.8) is 0 Å². The number of carbonyl (C=O) groups excluding carboxylic acids is 1. The second-order valence-electron chi connectivity index (χ2n) is 9.44. The van der Waals surface area contributed by atoms with Crippen LogP contribution < -0.4 is 15.2 Å². The first-order chi connectivity index (χ1) is 17.8. The van der Waals surface area contributed by atoms with E-state index < -0.39 is 24.5 Å². The van der Waals surface area contributed by atoms with Gasteiger partial charge in [0.05, 0.1) is 23.6 Å². The third kappa shape index (κ3) is 3.03. The molecule has 188 valence electrons. The molecule has 11 heteroatoms. The molecular formula is C26H20F3N5O3. The molecule has 8 nitrogen and oxygen atoms in total. The minimum atomic E-state index is -3.08. The molecular weight excluding hydrogens is 487 g/mol. The van der Waals surface area contributed by atoms with Crippen molar-refractivity contribution < 1.29 is 27.4 Å². The van der Waals surface area contributed by atoms with Crippen LogP contribution in [0.5, 0.6) is 11.5 Å². The number of nitrogens with two attached hydrogens (primary N) is 1. The zero-order valence-electron chi connectivity index (χ0n) is 19.5. The average Bonchev–Trinajstić information content (AvgIpc) is 3.53. The minimum Gasteiger partial charge on any atom is -0.490 e. The summed E-state index contributed by atoms with van der Waals surface area (Å²) in [5.41, 5.74) is 8.57. The lowest BCUT2D eigenvalue weighted by atomic mass is 9.97. The first-order valence-corrected chi connectivity index (χ1v) is 11.8. The summed E-state index contributed by atoms with van der Waals surface area (Å²) in [6.45, 7) is -2.77. The summed E-state index contributed by atoms with van der Waals surface area (Å²) >= 11 is 0. The molecule has 0 saturated carbocycles. The van der Waals surface area contributed by atoms with E-state index in [-0.39, 0.29) is 34.3 Å². The lowest BCUT2D eigenvalue weighted by Gasteiger charge is -2.24. The number of ether oxygens (including phenoxy) is 2. The van der Waals surface area contributed by atoms with Gasteiger partial charge in [-0.05, 0) is 30.3 Å². The van der Waals surface area contributed by atoms with Crippen molar-refractivity contribution in [2.45, 2.75) is 31.2 Å². The lowest BCUT2D eigenvalue weighted by Crippen LogP contribution is -2.30. The van der Waals surface area contributed by atoms with E-state index in [0.717, 1.165) is 0 Å². The van der Waals surface area contributed by atoms with Crippen molar-refractivity contribution >= 4 is 16.9 Å². The number of fused-ring (bicyclic) bond motifs is 10. The van der Waals surface area contributed by atoms with Gasteiger partial charge >= 0.3 is 6.61 Å². The molecule has 1 amide bonds. The first kappa shape index (κ1) is 22.1. The lowest BCUT2D eigenvalue weighted by molar-refractivity contribution is -0.0507. The highest BCUT2D eigenvalue weighted by molar-refractivity contribution is 5.98. The maximum atomic E-state index is 16.3. The van der Waals surface area contributed by atoms with E-state index in [0.29, 0.717) is 46.9 Å². The standard InChI is InChI=1S/C26H20F3N5O3/c1-33-17-8-16(20-13(25(33)35)3-2-4-18(20)37-26(28)29)34-23-15(32-24(17)34)6-5-12(21(23)27)11-7-19-22(31-9-11)14(30)10-36-19/h2-7,9,14,16-17,26H,8,10,30H2,1H3/t14?,16-,17?/m1/s1. The Balaban J connectivity index is 1.45. The number of carbonyl (C=O) groups is 1. The van der Waals surface area contributed by atoms with Crippen molar-refractivity contribution in [2.24, 2.45) is 5.73 Å². The summed E-state index contributed by atoms with van der Waals surface area (Å²) in [6, 6.07) is 8.09. The second kappa shape index (κ2) is 7.69. The van der Waals surface area contributed by atoms with Crippen LogP contribution in [0, 0.1) is 5.82 Å². The summed E-state index contributed by atoms with van der Waals surface area (Å²) in [6.07, 6.45) is 1.91. The first-order valence-electron chi connectivity index (χ1n) is 11.8. The number of pyridine rings is 1. The largest absolute Gasteiger partial charge is 0.490 e. The Kier molecular flexibility index (Phi) is 4.59. The van der Waals surface area contributed by atoms with E-state index in [1.54, 1.807) is 42.1 Å². The summed E-state index contributed by atoms with van der Waals surface area (Å²) in [7, 11) is 1.64. The Morgan fingerprint density at radius 2 is 2.03 bits per heavy atom. The van der Waals surface area contributed by atoms with Gasteiger partial charge < -0.3 is 24.7 Å². The van der Waals surface area contributed by atoms with E-state index in [2.05, 4.69) is 9.97 Å². The molecule has 4 aromatic rings. The van der Waals surface area contributed by atoms with Gasteiger partial charge in [0.25, 0.3) is 5.91 Å². The van der Waals surface area contributed by atoms with E-state index in [1.807, 2.05) is 0 Å². The molecule has 2 aromatic carbocycles. The zero-order chi connectivity index (χ0) is 25.6. The summed E-state index contributed by atoms with van der Waals surface area (Å²) in [5, 5.41) is 0. The van der Waals surface area contributed by atoms with Crippen LogP contribution in [0.3, 0.4) is 0 Å². The monoisotopic (exact) mass is 507 g/mol. The van der Waals surface area contributed by atoms with Crippen LogP contribution >= 0.6 is 0 Å². The molecule has 0 spiro atoms. The number of amides is 1. The van der Waals surface area contributed by atoms with Crippen LogP contribution in [0.4, 0.5) is 13.2 Å². The highest BCUT2D eigenvalue weighted by Crippen LogP contribution is 2.50. The van der Waals surface area contributed by atoms with Gasteiger partial charge in [0.2, 0.25) is 0 Å². The number of rotatable bonds is 3. The van der Waals surface area contributed by atoms with E-state index >= 15 is 4.39 Å². The second-order valence-corrected chi connectivity index (χ2v) is 9.44. The fourth-order valence-corrected chi connectivity index (χ4v) is 5.80. The number of hydrogen-bond donors (Lipinski definition) is 1. The van der Waals surface area contributed by atoms with Crippen molar-refractivity contribution in [3.8, 4) is 22.6 Å². The highest BCUT2D eigenvalue weighted by atomic mass is 19.3. The molecule has 5 heterocycles. The molecule has 2 N–H and O–H groups in total. The molecule has 0 saturated heterocycles. The van der Waals surface area contributed by atoms with E-state index in [1.165, 1.54) is 17.0 Å². The molecule has 3 aliphatic heterocycles. The zero-order valence-corrected chi connectivity index (χ0v) is 19.5. The van der Waals surface area contributed by atoms with Gasteiger partial charge in [-0.15, -0.1) is 0 Å². The Bertz CT molecular complexity index is 1620. The van der Waals surface area contributed by atoms with Gasteiger partial charge in [-0.1, -0.05) is 6.07 Å². The summed E-state index contributed by atoms with van der Waals surface area (Å²) in [4.78, 5) is 23.8. The van der Waals surface area contributed by atoms with Crippen LogP contribution in [0.15, 0.2) is 42.6 Å². The van der Waals surface area contributed by atoms with Gasteiger partial charge in [-0.3, -0.25) is 9.78 Å². The van der Waals surface area contributed by atoms with Crippen molar-refractivity contribution in [1.29, 1.82) is 0 Å². The molecule has 2 unspecified atom stereocenters. The summed E-state index contributed by atoms with van der Waals surface area (Å²) in [5.74, 6) is 0.0323. The van der Waals surface area contributed by atoms with Gasteiger partial charge in [-0.25, -0.2) is 9.37 Å². The molecule has 37 heavy (non-hydrogen) atoms. The maximum absolute atomic E-state index is 16.3. The quantitative estimate of drug-likeness (QED) is 0.443. The van der Waals surface area contributed by atoms with Crippen LogP contribution in [-0.2, 0) is 0 Å². The Morgan fingerprint density at radius 1 is 1.19 bits per heavy atom. The predicted molar refractivity (Wildman–Crippen MR) is 126 cm³/mol. The van der Waals surface area contributed by atoms with E-state index in [9.17, 15) is 13.6 Å². The number of aromatic nitrogens is 3. The van der Waals surface area contributed by atoms with Crippen molar-refractivity contribution in [1.82, 2.24) is 19.4 Å². The average molecular weight is 507 g/mol. The SMILES string of the molecule is CN1C(=O)c2cccc(OC(F)F)c2[C@H]2CC1c1nc3ccc(-c4cnc5c(c4)OCC5N)c(F)c3n12. The molecule has 0 radical (unpaired) electrons. The minimum absolute atomic E-state index is 0.109. The van der Waals surface area contributed by atoms with E-state index in [4.69, 9.17) is 15.2 Å². The molecule has 2 bridgehead atoms. The van der Waals surface area contributed by atoms with Crippen molar-refractivity contribution in [2.75, 3.05) is 13.7 Å². The Morgan fingerprint density at radius 3 is 2.84 bits per heavy atom. The van der Waals surface area contributed by atoms with Gasteiger partial charge in [-0.2, -0.15) is 8.78 Å². The fraction of sp³-hybridized carbons (Fsp3) is 0.269. The topological polar surface area (TPSA) is 95.5 Å². The number of benzene rings is 2. The molecule has 0 aliphatic carbocycles. The highest BCUT2D eigenvalue weighted by Gasteiger charge is 2.45. The smallest absolute Gasteiger partial charge is 0.387 e. The molecule has 7 rings (SSSR count). The van der Waals surface area contributed by atoms with Crippen LogP contribution in [-0.4, -0.2) is 45.6 Å². The number of alkyl halides is 2. The molecule has 3 aliphatic rings. The number of nitrogens with zero attached hydrogens (tertiary/aromatic N) is 4. The van der Waals surface area contributed by atoms with Gasteiger partial charge in [0, 0.05) is 41.9 Å². The molecule has 2 aromatic heterocycles. The normalized spacial score (nSPS) is 21.6. The van der Waals surface area contributed by atoms with Crippen LogP contribution in [0.1, 0.15) is 52.0 Å². The van der Waals surface area contributed by atoms with Crippen LogP contribution in [0.2, 0.25) is 0 Å². The third-order valence-corrected chi connectivity index (χ3v) is 7.47. The van der Waals surface area contributed by atoms with Crippen LogP contribution in [0.25, 0.3) is 22.2 Å². The molecule has 0 fully saturated rings. The molecule has 3 atom stereocenters. The predicted octanol–water partition coefficient (Wildman–Crippen LogP) is 4.35. The maximum Gasteiger partial charge on any atom is 0.387 e. The van der Waals surface area contributed by atoms with Crippen molar-refractivity contribution in [3.05, 3.63) is 71.1 Å².